The maximum absolute atomic E-state index is 11.6. The molecule has 0 saturated heterocycles. The number of carbonyl (C=O) groups is 1. The van der Waals surface area contributed by atoms with Gasteiger partial charge in [-0.15, -0.1) is 0 Å². The van der Waals surface area contributed by atoms with Crippen molar-refractivity contribution in [1.82, 2.24) is 10.6 Å². The summed E-state index contributed by atoms with van der Waals surface area (Å²) in [5.74, 6) is 0.456. The van der Waals surface area contributed by atoms with Gasteiger partial charge in [-0.25, -0.2) is 4.79 Å². The van der Waals surface area contributed by atoms with Crippen LogP contribution in [0.15, 0.2) is 0 Å². The van der Waals surface area contributed by atoms with E-state index in [-0.39, 0.29) is 12.1 Å². The first-order valence-electron chi connectivity index (χ1n) is 6.65. The number of hydrogen-bond donors (Lipinski definition) is 3. The van der Waals surface area contributed by atoms with Gasteiger partial charge in [-0.3, -0.25) is 0 Å². The highest BCUT2D eigenvalue weighted by Gasteiger charge is 2.23. The van der Waals surface area contributed by atoms with Crippen LogP contribution in [0, 0.1) is 5.92 Å². The van der Waals surface area contributed by atoms with Crippen LogP contribution < -0.4 is 10.6 Å². The fourth-order valence-corrected chi connectivity index (χ4v) is 1.50. The third-order valence-electron chi connectivity index (χ3n) is 3.75. The summed E-state index contributed by atoms with van der Waals surface area (Å²) >= 11 is 0. The Morgan fingerprint density at radius 2 is 1.76 bits per heavy atom. The average Bonchev–Trinajstić information content (AvgIpc) is 2.34. The predicted octanol–water partition coefficient (Wildman–Crippen LogP) is 2.27. The van der Waals surface area contributed by atoms with Crippen LogP contribution >= 0.6 is 0 Å². The molecule has 0 aliphatic heterocycles. The van der Waals surface area contributed by atoms with Gasteiger partial charge in [0.1, 0.15) is 0 Å². The molecule has 0 aliphatic rings. The second-order valence-corrected chi connectivity index (χ2v) is 4.93. The van der Waals surface area contributed by atoms with E-state index in [0.717, 1.165) is 6.42 Å². The molecule has 0 aromatic carbocycles. The normalized spacial score (nSPS) is 15.2. The van der Waals surface area contributed by atoms with Crippen LogP contribution in [0.5, 0.6) is 0 Å². The molecule has 0 spiro atoms. The lowest BCUT2D eigenvalue weighted by Gasteiger charge is -2.26. The van der Waals surface area contributed by atoms with E-state index in [1.54, 1.807) is 0 Å². The molecular formula is C13H28N2O2. The molecule has 0 saturated carbocycles. The van der Waals surface area contributed by atoms with E-state index in [9.17, 15) is 9.90 Å². The predicted molar refractivity (Wildman–Crippen MR) is 71.0 cm³/mol. The molecule has 0 aliphatic carbocycles. The first kappa shape index (κ1) is 16.2. The zero-order chi connectivity index (χ0) is 13.5. The van der Waals surface area contributed by atoms with Gasteiger partial charge in [0, 0.05) is 12.6 Å². The van der Waals surface area contributed by atoms with Crippen molar-refractivity contribution < 1.29 is 9.90 Å². The number of carbonyl (C=O) groups excluding carboxylic acids is 1. The van der Waals surface area contributed by atoms with Crippen molar-refractivity contribution >= 4 is 6.03 Å². The molecule has 0 aromatic rings. The van der Waals surface area contributed by atoms with Gasteiger partial charge in [-0.2, -0.15) is 0 Å². The Labute approximate surface area is 105 Å². The van der Waals surface area contributed by atoms with E-state index in [1.165, 1.54) is 0 Å². The van der Waals surface area contributed by atoms with Crippen LogP contribution in [0.1, 0.15) is 53.9 Å². The highest BCUT2D eigenvalue weighted by molar-refractivity contribution is 5.74. The highest BCUT2D eigenvalue weighted by Crippen LogP contribution is 2.12. The molecule has 0 aromatic heterocycles. The molecule has 4 nitrogen and oxygen atoms in total. The first-order chi connectivity index (χ1) is 7.88. The minimum atomic E-state index is -0.781. The van der Waals surface area contributed by atoms with Crippen LogP contribution in [-0.2, 0) is 0 Å². The van der Waals surface area contributed by atoms with Crippen LogP contribution in [0.3, 0.4) is 0 Å². The topological polar surface area (TPSA) is 61.4 Å². The van der Waals surface area contributed by atoms with Crippen molar-refractivity contribution in [1.29, 1.82) is 0 Å². The highest BCUT2D eigenvalue weighted by atomic mass is 16.3. The van der Waals surface area contributed by atoms with Gasteiger partial charge in [0.15, 0.2) is 0 Å². The van der Waals surface area contributed by atoms with Crippen molar-refractivity contribution in [3.63, 3.8) is 0 Å². The summed E-state index contributed by atoms with van der Waals surface area (Å²) in [5, 5.41) is 15.6. The number of urea groups is 1. The molecule has 2 atom stereocenters. The van der Waals surface area contributed by atoms with Crippen molar-refractivity contribution in [2.75, 3.05) is 6.54 Å². The second-order valence-electron chi connectivity index (χ2n) is 4.93. The largest absolute Gasteiger partial charge is 0.388 e. The third-order valence-corrected chi connectivity index (χ3v) is 3.75. The summed E-state index contributed by atoms with van der Waals surface area (Å²) in [7, 11) is 0. The third kappa shape index (κ3) is 5.91. The van der Waals surface area contributed by atoms with Crippen LogP contribution in [0.25, 0.3) is 0 Å². The molecule has 0 fully saturated rings. The molecule has 0 heterocycles. The molecule has 0 rings (SSSR count). The van der Waals surface area contributed by atoms with E-state index in [0.29, 0.717) is 25.3 Å². The van der Waals surface area contributed by atoms with Crippen molar-refractivity contribution in [2.24, 2.45) is 5.92 Å². The average molecular weight is 244 g/mol. The first-order valence-corrected chi connectivity index (χ1v) is 6.65. The SMILES string of the molecule is CCC(C)C(C)NC(=O)NCC(O)(CC)CC. The Morgan fingerprint density at radius 1 is 1.24 bits per heavy atom. The molecule has 102 valence electrons. The molecule has 3 N–H and O–H groups in total. The number of nitrogens with one attached hydrogen (secondary N) is 2. The zero-order valence-corrected chi connectivity index (χ0v) is 11.8. The van der Waals surface area contributed by atoms with Crippen molar-refractivity contribution in [2.45, 2.75) is 65.5 Å². The lowest BCUT2D eigenvalue weighted by Crippen LogP contribution is -2.49. The Hall–Kier alpha value is -0.770. The van der Waals surface area contributed by atoms with Crippen molar-refractivity contribution in [3.05, 3.63) is 0 Å². The summed E-state index contributed by atoms with van der Waals surface area (Å²) < 4.78 is 0. The van der Waals surface area contributed by atoms with Crippen LogP contribution in [-0.4, -0.2) is 29.3 Å². The molecular weight excluding hydrogens is 216 g/mol. The molecule has 17 heavy (non-hydrogen) atoms. The van der Waals surface area contributed by atoms with Gasteiger partial charge >= 0.3 is 6.03 Å². The Morgan fingerprint density at radius 3 is 2.18 bits per heavy atom. The summed E-state index contributed by atoms with van der Waals surface area (Å²) in [4.78, 5) is 11.6. The van der Waals surface area contributed by atoms with E-state index >= 15 is 0 Å². The van der Waals surface area contributed by atoms with E-state index in [1.807, 2.05) is 20.8 Å². The van der Waals surface area contributed by atoms with Gasteiger partial charge in [0.05, 0.1) is 5.60 Å². The quantitative estimate of drug-likeness (QED) is 0.643. The fraction of sp³-hybridized carbons (Fsp3) is 0.923. The molecule has 2 unspecified atom stereocenters. The van der Waals surface area contributed by atoms with Crippen LogP contribution in [0.4, 0.5) is 4.79 Å². The molecule has 0 bridgehead atoms. The Bertz CT molecular complexity index is 227. The maximum atomic E-state index is 11.6. The van der Waals surface area contributed by atoms with Gasteiger partial charge in [-0.1, -0.05) is 34.1 Å². The van der Waals surface area contributed by atoms with Crippen molar-refractivity contribution in [3.8, 4) is 0 Å². The van der Waals surface area contributed by atoms with Gasteiger partial charge in [0.2, 0.25) is 0 Å². The van der Waals surface area contributed by atoms with Gasteiger partial charge in [0.25, 0.3) is 0 Å². The Balaban J connectivity index is 4.03. The lowest BCUT2D eigenvalue weighted by atomic mass is 9.98. The molecule has 2 amide bonds. The lowest BCUT2D eigenvalue weighted by molar-refractivity contribution is 0.0348. The summed E-state index contributed by atoms with van der Waals surface area (Å²) in [5.41, 5.74) is -0.781. The van der Waals surface area contributed by atoms with E-state index < -0.39 is 5.60 Å². The number of amides is 2. The van der Waals surface area contributed by atoms with Gasteiger partial charge in [-0.05, 0) is 25.7 Å². The molecule has 4 heteroatoms. The fourth-order valence-electron chi connectivity index (χ4n) is 1.50. The van der Waals surface area contributed by atoms with Crippen LogP contribution in [0.2, 0.25) is 0 Å². The second kappa shape index (κ2) is 7.54. The zero-order valence-electron chi connectivity index (χ0n) is 11.8. The summed E-state index contributed by atoms with van der Waals surface area (Å²) in [6.07, 6.45) is 2.32. The standard InChI is InChI=1S/C13H28N2O2/c1-6-10(4)11(5)15-12(16)14-9-13(17,7-2)8-3/h10-11,17H,6-9H2,1-5H3,(H2,14,15,16). The minimum absolute atomic E-state index is 0.149. The van der Waals surface area contributed by atoms with Gasteiger partial charge < -0.3 is 15.7 Å². The minimum Gasteiger partial charge on any atom is -0.388 e. The molecule has 0 radical (unpaired) electrons. The van der Waals surface area contributed by atoms with E-state index in [2.05, 4.69) is 24.5 Å². The monoisotopic (exact) mass is 244 g/mol. The number of rotatable bonds is 7. The summed E-state index contributed by atoms with van der Waals surface area (Å²) in [6, 6.07) is -0.0468. The summed E-state index contributed by atoms with van der Waals surface area (Å²) in [6.45, 7) is 10.4. The smallest absolute Gasteiger partial charge is 0.315 e. The van der Waals surface area contributed by atoms with E-state index in [4.69, 9.17) is 0 Å². The number of aliphatic hydroxyl groups is 1. The Kier molecular flexibility index (Phi) is 7.19. The number of hydrogen-bond acceptors (Lipinski definition) is 2. The maximum Gasteiger partial charge on any atom is 0.315 e.